The molecule has 0 saturated heterocycles. The maximum atomic E-state index is 12.7. The van der Waals surface area contributed by atoms with E-state index in [2.05, 4.69) is 9.71 Å². The molecule has 0 spiro atoms. The summed E-state index contributed by atoms with van der Waals surface area (Å²) in [7, 11) is -0.834. The van der Waals surface area contributed by atoms with E-state index >= 15 is 0 Å². The van der Waals surface area contributed by atoms with Crippen molar-refractivity contribution in [3.05, 3.63) is 53.7 Å². The van der Waals surface area contributed by atoms with Crippen LogP contribution in [0.5, 0.6) is 11.5 Å². The van der Waals surface area contributed by atoms with E-state index in [0.29, 0.717) is 28.1 Å². The summed E-state index contributed by atoms with van der Waals surface area (Å²) in [6.07, 6.45) is 1.62. The van der Waals surface area contributed by atoms with Crippen LogP contribution in [-0.2, 0) is 10.0 Å². The van der Waals surface area contributed by atoms with E-state index in [9.17, 15) is 8.42 Å². The third-order valence-corrected chi connectivity index (χ3v) is 5.29. The van der Waals surface area contributed by atoms with E-state index in [1.807, 2.05) is 0 Å². The first kappa shape index (κ1) is 17.3. The number of sulfonamides is 1. The van der Waals surface area contributed by atoms with Gasteiger partial charge in [-0.1, -0.05) is 11.6 Å². The van der Waals surface area contributed by atoms with Gasteiger partial charge in [0, 0.05) is 11.6 Å². The number of hydrogen-bond donors (Lipinski definition) is 1. The standard InChI is InChI=1S/C17H15ClN2O4S/c1-23-15-7-5-11(10-13(15)18)25(21,22)20-14-6-8-16(24-2)17-12(14)4-3-9-19-17/h3-10,20H,1-2H3. The molecule has 0 bridgehead atoms. The van der Waals surface area contributed by atoms with Crippen LogP contribution in [0.1, 0.15) is 0 Å². The zero-order chi connectivity index (χ0) is 18.0. The van der Waals surface area contributed by atoms with Crippen LogP contribution in [0.4, 0.5) is 5.69 Å². The molecular formula is C17H15ClN2O4S. The first-order valence-electron chi connectivity index (χ1n) is 7.24. The number of rotatable bonds is 5. The van der Waals surface area contributed by atoms with Crippen LogP contribution < -0.4 is 14.2 Å². The van der Waals surface area contributed by atoms with E-state index in [-0.39, 0.29) is 9.92 Å². The van der Waals surface area contributed by atoms with Crippen LogP contribution in [0.15, 0.2) is 53.6 Å². The third kappa shape index (κ3) is 3.33. The fraction of sp³-hybridized carbons (Fsp3) is 0.118. The molecule has 0 aliphatic heterocycles. The van der Waals surface area contributed by atoms with Crippen molar-refractivity contribution in [1.82, 2.24) is 4.98 Å². The Morgan fingerprint density at radius 1 is 1.04 bits per heavy atom. The molecule has 3 aromatic rings. The molecule has 0 aliphatic carbocycles. The van der Waals surface area contributed by atoms with Crippen molar-refractivity contribution in [2.75, 3.05) is 18.9 Å². The van der Waals surface area contributed by atoms with Crippen molar-refractivity contribution in [2.45, 2.75) is 4.90 Å². The Hall–Kier alpha value is -2.51. The number of methoxy groups -OCH3 is 2. The Morgan fingerprint density at radius 2 is 1.76 bits per heavy atom. The fourth-order valence-corrected chi connectivity index (χ4v) is 3.85. The molecule has 3 rings (SSSR count). The molecule has 0 saturated carbocycles. The average Bonchev–Trinajstić information content (AvgIpc) is 2.61. The SMILES string of the molecule is COc1ccc(S(=O)(=O)Nc2ccc(OC)c3ncccc23)cc1Cl. The first-order valence-corrected chi connectivity index (χ1v) is 9.10. The van der Waals surface area contributed by atoms with Gasteiger partial charge >= 0.3 is 0 Å². The molecule has 1 heterocycles. The Balaban J connectivity index is 2.04. The van der Waals surface area contributed by atoms with Crippen molar-refractivity contribution >= 4 is 38.2 Å². The second-order valence-electron chi connectivity index (χ2n) is 5.12. The molecule has 6 nitrogen and oxygen atoms in total. The monoisotopic (exact) mass is 378 g/mol. The van der Waals surface area contributed by atoms with Gasteiger partial charge in [-0.15, -0.1) is 0 Å². The number of hydrogen-bond acceptors (Lipinski definition) is 5. The first-order chi connectivity index (χ1) is 12.0. The zero-order valence-corrected chi connectivity index (χ0v) is 15.1. The Labute approximate surface area is 150 Å². The largest absolute Gasteiger partial charge is 0.495 e. The van der Waals surface area contributed by atoms with Gasteiger partial charge in [0.25, 0.3) is 10.0 Å². The summed E-state index contributed by atoms with van der Waals surface area (Å²) in [6.45, 7) is 0. The molecule has 25 heavy (non-hydrogen) atoms. The second-order valence-corrected chi connectivity index (χ2v) is 7.21. The molecule has 0 radical (unpaired) electrons. The molecule has 1 aromatic heterocycles. The number of nitrogens with zero attached hydrogens (tertiary/aromatic N) is 1. The van der Waals surface area contributed by atoms with Crippen molar-refractivity contribution in [1.29, 1.82) is 0 Å². The maximum Gasteiger partial charge on any atom is 0.261 e. The molecule has 0 aliphatic rings. The Kier molecular flexibility index (Phi) is 4.69. The third-order valence-electron chi connectivity index (χ3n) is 3.63. The molecule has 130 valence electrons. The molecule has 0 atom stereocenters. The predicted molar refractivity (Wildman–Crippen MR) is 97.1 cm³/mol. The minimum atomic E-state index is -3.83. The smallest absolute Gasteiger partial charge is 0.261 e. The number of anilines is 1. The van der Waals surface area contributed by atoms with Gasteiger partial charge in [-0.3, -0.25) is 9.71 Å². The number of benzene rings is 2. The highest BCUT2D eigenvalue weighted by Crippen LogP contribution is 2.32. The zero-order valence-electron chi connectivity index (χ0n) is 13.5. The van der Waals surface area contributed by atoms with Gasteiger partial charge in [0.15, 0.2) is 0 Å². The maximum absolute atomic E-state index is 12.7. The molecular weight excluding hydrogens is 364 g/mol. The van der Waals surface area contributed by atoms with Gasteiger partial charge in [0.05, 0.1) is 29.8 Å². The molecule has 2 aromatic carbocycles. The van der Waals surface area contributed by atoms with Crippen molar-refractivity contribution in [2.24, 2.45) is 0 Å². The van der Waals surface area contributed by atoms with E-state index < -0.39 is 10.0 Å². The summed E-state index contributed by atoms with van der Waals surface area (Å²) in [5.41, 5.74) is 0.966. The molecule has 1 N–H and O–H groups in total. The van der Waals surface area contributed by atoms with Gasteiger partial charge in [-0.25, -0.2) is 8.42 Å². The van der Waals surface area contributed by atoms with Crippen LogP contribution >= 0.6 is 11.6 Å². The molecule has 8 heteroatoms. The fourth-order valence-electron chi connectivity index (χ4n) is 2.42. The van der Waals surface area contributed by atoms with E-state index in [1.54, 1.807) is 30.5 Å². The summed E-state index contributed by atoms with van der Waals surface area (Å²) >= 11 is 6.03. The van der Waals surface area contributed by atoms with Crippen LogP contribution in [-0.4, -0.2) is 27.6 Å². The van der Waals surface area contributed by atoms with E-state index in [1.165, 1.54) is 32.4 Å². The van der Waals surface area contributed by atoms with Crippen LogP contribution in [0.3, 0.4) is 0 Å². The van der Waals surface area contributed by atoms with Gasteiger partial charge < -0.3 is 9.47 Å². The minimum absolute atomic E-state index is 0.0335. The van der Waals surface area contributed by atoms with Gasteiger partial charge in [0.2, 0.25) is 0 Å². The summed E-state index contributed by atoms with van der Waals surface area (Å²) < 4.78 is 38.3. The van der Waals surface area contributed by atoms with Gasteiger partial charge in [0.1, 0.15) is 17.0 Å². The quantitative estimate of drug-likeness (QED) is 0.732. The van der Waals surface area contributed by atoms with Crippen molar-refractivity contribution < 1.29 is 17.9 Å². The van der Waals surface area contributed by atoms with E-state index in [4.69, 9.17) is 21.1 Å². The van der Waals surface area contributed by atoms with Crippen molar-refractivity contribution in [3.63, 3.8) is 0 Å². The average molecular weight is 379 g/mol. The number of fused-ring (bicyclic) bond motifs is 1. The second kappa shape index (κ2) is 6.78. The summed E-state index contributed by atoms with van der Waals surface area (Å²) in [6, 6.07) is 11.1. The van der Waals surface area contributed by atoms with Crippen molar-refractivity contribution in [3.8, 4) is 11.5 Å². The minimum Gasteiger partial charge on any atom is -0.495 e. The molecule has 0 fully saturated rings. The lowest BCUT2D eigenvalue weighted by Crippen LogP contribution is -2.13. The number of pyridine rings is 1. The van der Waals surface area contributed by atoms with Gasteiger partial charge in [-0.2, -0.15) is 0 Å². The normalized spacial score (nSPS) is 11.3. The lowest BCUT2D eigenvalue weighted by molar-refractivity contribution is 0.414. The number of nitrogens with one attached hydrogen (secondary N) is 1. The molecule has 0 unspecified atom stereocenters. The lowest BCUT2D eigenvalue weighted by atomic mass is 10.2. The molecule has 0 amide bonds. The highest BCUT2D eigenvalue weighted by atomic mass is 35.5. The number of aromatic nitrogens is 1. The summed E-state index contributed by atoms with van der Waals surface area (Å²) in [4.78, 5) is 4.29. The highest BCUT2D eigenvalue weighted by Gasteiger charge is 2.18. The summed E-state index contributed by atoms with van der Waals surface area (Å²) in [5.74, 6) is 0.964. The summed E-state index contributed by atoms with van der Waals surface area (Å²) in [5, 5.41) is 0.844. The Bertz CT molecular complexity index is 1040. The van der Waals surface area contributed by atoms with Crippen LogP contribution in [0.25, 0.3) is 10.9 Å². The van der Waals surface area contributed by atoms with E-state index in [0.717, 1.165) is 0 Å². The number of halogens is 1. The highest BCUT2D eigenvalue weighted by molar-refractivity contribution is 7.92. The van der Waals surface area contributed by atoms with Crippen LogP contribution in [0.2, 0.25) is 5.02 Å². The predicted octanol–water partition coefficient (Wildman–Crippen LogP) is 3.71. The van der Waals surface area contributed by atoms with Crippen LogP contribution in [0, 0.1) is 0 Å². The van der Waals surface area contributed by atoms with Gasteiger partial charge in [-0.05, 0) is 42.5 Å². The number of ether oxygens (including phenoxy) is 2. The Morgan fingerprint density at radius 3 is 2.44 bits per heavy atom. The topological polar surface area (TPSA) is 77.5 Å². The lowest BCUT2D eigenvalue weighted by Gasteiger charge is -2.13.